The van der Waals surface area contributed by atoms with Crippen LogP contribution in [-0.4, -0.2) is 17.0 Å². The van der Waals surface area contributed by atoms with Gasteiger partial charge in [-0.25, -0.2) is 5.48 Å². The molecule has 1 heterocycles. The quantitative estimate of drug-likeness (QED) is 0.332. The van der Waals surface area contributed by atoms with E-state index in [2.05, 4.69) is 26.1 Å². The first kappa shape index (κ1) is 19.8. The average Bonchev–Trinajstić information content (AvgIpc) is 3.07. The Morgan fingerprint density at radius 3 is 2.39 bits per heavy atom. The number of anilines is 1. The van der Waals surface area contributed by atoms with Crippen molar-refractivity contribution in [2.24, 2.45) is 0 Å². The second-order valence-electron chi connectivity index (χ2n) is 7.49. The molecule has 1 aromatic heterocycles. The van der Waals surface area contributed by atoms with Gasteiger partial charge in [0.2, 0.25) is 0 Å². The first-order valence-electron chi connectivity index (χ1n) is 8.84. The molecule has 0 radical (unpaired) electrons. The molecule has 2 amide bonds. The van der Waals surface area contributed by atoms with E-state index in [1.165, 1.54) is 23.0 Å². The topological polar surface area (TPSA) is 78.4 Å². The number of fused-ring (bicyclic) bond motifs is 1. The van der Waals surface area contributed by atoms with Crippen LogP contribution in [0.1, 0.15) is 41.6 Å². The van der Waals surface area contributed by atoms with Crippen molar-refractivity contribution in [2.45, 2.75) is 26.2 Å². The fraction of sp³-hybridized carbons (Fsp3) is 0.182. The van der Waals surface area contributed by atoms with Crippen molar-refractivity contribution < 1.29 is 14.8 Å². The van der Waals surface area contributed by atoms with E-state index in [1.807, 2.05) is 48.5 Å². The Labute approximate surface area is 167 Å². The fourth-order valence-electron chi connectivity index (χ4n) is 2.74. The predicted octanol–water partition coefficient (Wildman–Crippen LogP) is 4.97. The zero-order chi connectivity index (χ0) is 20.3. The second-order valence-corrected chi connectivity index (χ2v) is 8.61. The number of hydrogen-bond donors (Lipinski definition) is 3. The van der Waals surface area contributed by atoms with Crippen molar-refractivity contribution in [1.82, 2.24) is 5.48 Å². The summed E-state index contributed by atoms with van der Waals surface area (Å²) in [5.74, 6) is -0.738. The summed E-state index contributed by atoms with van der Waals surface area (Å²) < 4.78 is 1.04. The molecule has 2 aromatic carbocycles. The second kappa shape index (κ2) is 7.96. The van der Waals surface area contributed by atoms with Crippen LogP contribution in [0.15, 0.2) is 54.6 Å². The van der Waals surface area contributed by atoms with Crippen molar-refractivity contribution >= 4 is 45.0 Å². The molecule has 3 N–H and O–H groups in total. The van der Waals surface area contributed by atoms with E-state index in [0.717, 1.165) is 15.0 Å². The van der Waals surface area contributed by atoms with Crippen LogP contribution in [0.3, 0.4) is 0 Å². The number of benzene rings is 2. The molecule has 0 atom stereocenters. The number of nitrogens with one attached hydrogen (secondary N) is 2. The highest BCUT2D eigenvalue weighted by Gasteiger charge is 2.14. The molecule has 0 aliphatic heterocycles. The van der Waals surface area contributed by atoms with Crippen LogP contribution in [0.5, 0.6) is 0 Å². The summed E-state index contributed by atoms with van der Waals surface area (Å²) in [6.45, 7) is 6.41. The van der Waals surface area contributed by atoms with Crippen molar-refractivity contribution in [3.8, 4) is 0 Å². The molecular formula is C22H22N2O3S. The minimum Gasteiger partial charge on any atom is -0.322 e. The van der Waals surface area contributed by atoms with Gasteiger partial charge in [0.05, 0.1) is 0 Å². The van der Waals surface area contributed by atoms with Gasteiger partial charge in [-0.05, 0) is 58.8 Å². The fourth-order valence-corrected chi connectivity index (χ4v) is 3.69. The SMILES string of the molecule is CC(C)(C)c1ccc(C(=O)Nc2ccc3sc(/C=C/C(=O)NO)cc3c2)cc1. The van der Waals surface area contributed by atoms with Gasteiger partial charge in [0.25, 0.3) is 11.8 Å². The number of hydroxylamine groups is 1. The van der Waals surface area contributed by atoms with Crippen LogP contribution >= 0.6 is 11.3 Å². The molecule has 28 heavy (non-hydrogen) atoms. The monoisotopic (exact) mass is 394 g/mol. The molecule has 3 aromatic rings. The molecule has 0 aliphatic carbocycles. The largest absolute Gasteiger partial charge is 0.322 e. The van der Waals surface area contributed by atoms with Crippen LogP contribution in [0, 0.1) is 0 Å². The lowest BCUT2D eigenvalue weighted by atomic mass is 9.87. The summed E-state index contributed by atoms with van der Waals surface area (Å²) in [7, 11) is 0. The number of carbonyl (C=O) groups is 2. The van der Waals surface area contributed by atoms with Gasteiger partial charge < -0.3 is 5.32 Å². The lowest BCUT2D eigenvalue weighted by Gasteiger charge is -2.19. The third kappa shape index (κ3) is 4.65. The van der Waals surface area contributed by atoms with Gasteiger partial charge >= 0.3 is 0 Å². The number of thiophene rings is 1. The number of rotatable bonds is 4. The summed E-state index contributed by atoms with van der Waals surface area (Å²) in [5.41, 5.74) is 4.10. The molecular weight excluding hydrogens is 372 g/mol. The van der Waals surface area contributed by atoms with E-state index in [-0.39, 0.29) is 11.3 Å². The third-order valence-electron chi connectivity index (χ3n) is 4.32. The van der Waals surface area contributed by atoms with Gasteiger partial charge in [-0.2, -0.15) is 0 Å². The van der Waals surface area contributed by atoms with Gasteiger partial charge in [0, 0.05) is 26.9 Å². The molecule has 0 spiro atoms. The van der Waals surface area contributed by atoms with Gasteiger partial charge in [-0.1, -0.05) is 32.9 Å². The molecule has 0 fully saturated rings. The van der Waals surface area contributed by atoms with Crippen LogP contribution in [0.25, 0.3) is 16.2 Å². The van der Waals surface area contributed by atoms with E-state index < -0.39 is 5.91 Å². The molecule has 0 bridgehead atoms. The Balaban J connectivity index is 1.75. The number of hydrogen-bond acceptors (Lipinski definition) is 4. The first-order valence-corrected chi connectivity index (χ1v) is 9.65. The highest BCUT2D eigenvalue weighted by molar-refractivity contribution is 7.19. The maximum Gasteiger partial charge on any atom is 0.267 e. The van der Waals surface area contributed by atoms with Crippen LogP contribution in [0.2, 0.25) is 0 Å². The normalized spacial score (nSPS) is 11.7. The van der Waals surface area contributed by atoms with Crippen LogP contribution in [0.4, 0.5) is 5.69 Å². The smallest absolute Gasteiger partial charge is 0.267 e. The molecule has 0 saturated heterocycles. The standard InChI is InChI=1S/C22H22N2O3S/c1-22(2,3)16-6-4-14(5-7-16)21(26)23-17-8-10-19-15(12-17)13-18(28-19)9-11-20(25)24-27/h4-13,27H,1-3H3,(H,23,26)(H,24,25)/b11-9+. The molecule has 0 unspecified atom stereocenters. The summed E-state index contributed by atoms with van der Waals surface area (Å²) in [4.78, 5) is 24.5. The molecule has 5 nitrogen and oxygen atoms in total. The van der Waals surface area contributed by atoms with E-state index in [0.29, 0.717) is 11.3 Å². The lowest BCUT2D eigenvalue weighted by Crippen LogP contribution is -2.14. The van der Waals surface area contributed by atoms with Gasteiger partial charge in [0.1, 0.15) is 0 Å². The highest BCUT2D eigenvalue weighted by atomic mass is 32.1. The van der Waals surface area contributed by atoms with Gasteiger partial charge in [0.15, 0.2) is 0 Å². The van der Waals surface area contributed by atoms with E-state index in [4.69, 9.17) is 5.21 Å². The van der Waals surface area contributed by atoms with Crippen molar-refractivity contribution in [3.05, 3.63) is 70.6 Å². The summed E-state index contributed by atoms with van der Waals surface area (Å²) in [6.07, 6.45) is 2.89. The predicted molar refractivity (Wildman–Crippen MR) is 114 cm³/mol. The Morgan fingerprint density at radius 2 is 1.75 bits per heavy atom. The number of carbonyl (C=O) groups excluding carboxylic acids is 2. The maximum atomic E-state index is 12.5. The zero-order valence-corrected chi connectivity index (χ0v) is 16.8. The highest BCUT2D eigenvalue weighted by Crippen LogP contribution is 2.29. The van der Waals surface area contributed by atoms with Crippen molar-refractivity contribution in [1.29, 1.82) is 0 Å². The molecule has 0 aliphatic rings. The minimum absolute atomic E-state index is 0.0446. The molecule has 0 saturated carbocycles. The molecule has 3 rings (SSSR count). The van der Waals surface area contributed by atoms with Gasteiger partial charge in [-0.3, -0.25) is 14.8 Å². The minimum atomic E-state index is -0.581. The first-order chi connectivity index (χ1) is 13.3. The van der Waals surface area contributed by atoms with Crippen molar-refractivity contribution in [2.75, 3.05) is 5.32 Å². The Bertz CT molecular complexity index is 1040. The zero-order valence-electron chi connectivity index (χ0n) is 15.9. The van der Waals surface area contributed by atoms with E-state index in [9.17, 15) is 9.59 Å². The maximum absolute atomic E-state index is 12.5. The van der Waals surface area contributed by atoms with E-state index >= 15 is 0 Å². The third-order valence-corrected chi connectivity index (χ3v) is 5.40. The van der Waals surface area contributed by atoms with E-state index in [1.54, 1.807) is 11.6 Å². The van der Waals surface area contributed by atoms with Gasteiger partial charge in [-0.15, -0.1) is 11.3 Å². The Hall–Kier alpha value is -2.96. The molecule has 144 valence electrons. The summed E-state index contributed by atoms with van der Waals surface area (Å²) >= 11 is 1.52. The van der Waals surface area contributed by atoms with Crippen LogP contribution < -0.4 is 10.8 Å². The Morgan fingerprint density at radius 1 is 1.04 bits per heavy atom. The summed E-state index contributed by atoms with van der Waals surface area (Å²) in [6, 6.07) is 15.3. The molecule has 6 heteroatoms. The lowest BCUT2D eigenvalue weighted by molar-refractivity contribution is -0.124. The Kier molecular flexibility index (Phi) is 5.63. The van der Waals surface area contributed by atoms with Crippen molar-refractivity contribution in [3.63, 3.8) is 0 Å². The average molecular weight is 394 g/mol. The summed E-state index contributed by atoms with van der Waals surface area (Å²) in [5, 5.41) is 12.4. The number of amides is 2. The van der Waals surface area contributed by atoms with Crippen LogP contribution in [-0.2, 0) is 10.2 Å².